The number of aromatic nitrogens is 2. The number of nitrogens with one attached hydrogen (secondary N) is 1. The number of ether oxygens (including phenoxy) is 1. The van der Waals surface area contributed by atoms with Crippen molar-refractivity contribution in [3.63, 3.8) is 0 Å². The lowest BCUT2D eigenvalue weighted by atomic mass is 9.89. The number of primary amides is 1. The molecule has 1 aliphatic heterocycles. The fourth-order valence-corrected chi connectivity index (χ4v) is 4.01. The Morgan fingerprint density at radius 2 is 2.00 bits per heavy atom. The fraction of sp³-hybridized carbons (Fsp3) is 0.421. The van der Waals surface area contributed by atoms with Crippen LogP contribution in [0, 0.1) is 0 Å². The minimum Gasteiger partial charge on any atom is -0.365 e. The lowest BCUT2D eigenvalue weighted by Gasteiger charge is -2.37. The number of halogens is 4. The monoisotopic (exact) mass is 457 g/mol. The number of carbonyl (C=O) groups excluding carboxylic acids is 2. The largest absolute Gasteiger partial charge is 0.522 e. The maximum Gasteiger partial charge on any atom is 0.522 e. The van der Waals surface area contributed by atoms with Gasteiger partial charge in [0.2, 0.25) is 0 Å². The quantitative estimate of drug-likeness (QED) is 0.736. The molecule has 1 fully saturated rings. The molecule has 1 aliphatic carbocycles. The molecule has 166 valence electrons. The number of benzene rings is 1. The Labute approximate surface area is 180 Å². The van der Waals surface area contributed by atoms with Crippen LogP contribution in [0.5, 0.6) is 0 Å². The van der Waals surface area contributed by atoms with Gasteiger partial charge in [0.1, 0.15) is 5.69 Å². The number of urea groups is 1. The molecule has 2 aromatic rings. The van der Waals surface area contributed by atoms with Gasteiger partial charge in [-0.05, 0) is 25.0 Å². The summed E-state index contributed by atoms with van der Waals surface area (Å²) in [6.45, 7) is 0.754. The Kier molecular flexibility index (Phi) is 5.56. The van der Waals surface area contributed by atoms with Crippen molar-refractivity contribution in [1.82, 2.24) is 20.0 Å². The van der Waals surface area contributed by atoms with Crippen molar-refractivity contribution in [3.8, 4) is 11.3 Å². The van der Waals surface area contributed by atoms with Crippen LogP contribution in [0.3, 0.4) is 0 Å². The first-order valence-electron chi connectivity index (χ1n) is 9.56. The Morgan fingerprint density at radius 1 is 1.26 bits per heavy atom. The Balaban J connectivity index is 1.46. The van der Waals surface area contributed by atoms with Crippen LogP contribution in [0.2, 0.25) is 5.02 Å². The molecule has 0 spiro atoms. The first-order valence-corrected chi connectivity index (χ1v) is 9.94. The maximum absolute atomic E-state index is 12.6. The molecular formula is C19H19ClF3N5O3. The van der Waals surface area contributed by atoms with Crippen LogP contribution in [-0.2, 0) is 17.8 Å². The minimum absolute atomic E-state index is 0.0858. The molecule has 8 nitrogen and oxygen atoms in total. The molecule has 2 aliphatic rings. The van der Waals surface area contributed by atoms with E-state index in [9.17, 15) is 22.8 Å². The van der Waals surface area contributed by atoms with Gasteiger partial charge >= 0.3 is 12.4 Å². The van der Waals surface area contributed by atoms with Crippen molar-refractivity contribution < 1.29 is 27.5 Å². The third-order valence-electron chi connectivity index (χ3n) is 5.33. The standard InChI is InChI=1S/C19H19ClF3N5O3/c20-11-3-1-2-10(6-11)16-15(17(24)29)14-9-27(4-5-28(14)26-16)18(30)25-12-7-13(8-12)31-19(21,22)23/h1-3,6,12-13H,4-5,7-9H2,(H2,24,29)(H,25,30)/t12-,13-. The Morgan fingerprint density at radius 3 is 2.65 bits per heavy atom. The van der Waals surface area contributed by atoms with E-state index in [4.69, 9.17) is 17.3 Å². The lowest BCUT2D eigenvalue weighted by Crippen LogP contribution is -2.54. The molecule has 0 bridgehead atoms. The van der Waals surface area contributed by atoms with Gasteiger partial charge in [0.15, 0.2) is 0 Å². The third-order valence-corrected chi connectivity index (χ3v) is 5.57. The van der Waals surface area contributed by atoms with Crippen LogP contribution < -0.4 is 11.1 Å². The highest BCUT2D eigenvalue weighted by atomic mass is 35.5. The summed E-state index contributed by atoms with van der Waals surface area (Å²) in [6.07, 6.45) is -5.46. The van der Waals surface area contributed by atoms with Crippen molar-refractivity contribution in [1.29, 1.82) is 0 Å². The predicted octanol–water partition coefficient (Wildman–Crippen LogP) is 2.90. The van der Waals surface area contributed by atoms with Gasteiger partial charge in [-0.3, -0.25) is 14.2 Å². The highest BCUT2D eigenvalue weighted by molar-refractivity contribution is 6.30. The molecule has 0 saturated heterocycles. The summed E-state index contributed by atoms with van der Waals surface area (Å²) in [7, 11) is 0. The number of alkyl halides is 3. The van der Waals surface area contributed by atoms with E-state index >= 15 is 0 Å². The summed E-state index contributed by atoms with van der Waals surface area (Å²) in [5.74, 6) is -0.676. The molecule has 3 N–H and O–H groups in total. The molecule has 3 amide bonds. The first-order chi connectivity index (χ1) is 14.6. The average Bonchev–Trinajstić information content (AvgIpc) is 3.04. The second-order valence-corrected chi connectivity index (χ2v) is 7.93. The molecule has 0 unspecified atom stereocenters. The first kappa shape index (κ1) is 21.4. The molecule has 4 rings (SSSR count). The molecule has 0 atom stereocenters. The third kappa shape index (κ3) is 4.62. The topological polar surface area (TPSA) is 102 Å². The van der Waals surface area contributed by atoms with E-state index in [-0.39, 0.29) is 24.9 Å². The molecular weight excluding hydrogens is 439 g/mol. The van der Waals surface area contributed by atoms with Crippen molar-refractivity contribution in [2.45, 2.75) is 44.4 Å². The van der Waals surface area contributed by atoms with Gasteiger partial charge in [0.25, 0.3) is 5.91 Å². The number of nitrogens with zero attached hydrogens (tertiary/aromatic N) is 3. The summed E-state index contributed by atoms with van der Waals surface area (Å²) in [4.78, 5) is 26.3. The molecule has 2 heterocycles. The van der Waals surface area contributed by atoms with Crippen molar-refractivity contribution >= 4 is 23.5 Å². The Hall–Kier alpha value is -2.79. The molecule has 1 aromatic carbocycles. The van der Waals surface area contributed by atoms with Crippen LogP contribution in [0.25, 0.3) is 11.3 Å². The predicted molar refractivity (Wildman–Crippen MR) is 104 cm³/mol. The second-order valence-electron chi connectivity index (χ2n) is 7.49. The molecule has 12 heteroatoms. The molecule has 31 heavy (non-hydrogen) atoms. The van der Waals surface area contributed by atoms with Gasteiger partial charge in [-0.15, -0.1) is 13.2 Å². The maximum atomic E-state index is 12.6. The van der Waals surface area contributed by atoms with Crippen LogP contribution in [0.4, 0.5) is 18.0 Å². The van der Waals surface area contributed by atoms with Crippen molar-refractivity contribution in [2.75, 3.05) is 6.54 Å². The van der Waals surface area contributed by atoms with Gasteiger partial charge in [-0.25, -0.2) is 4.79 Å². The molecule has 1 aromatic heterocycles. The number of nitrogens with two attached hydrogens (primary N) is 1. The van der Waals surface area contributed by atoms with Crippen molar-refractivity contribution in [3.05, 3.63) is 40.5 Å². The zero-order valence-electron chi connectivity index (χ0n) is 16.2. The average molecular weight is 458 g/mol. The summed E-state index contributed by atoms with van der Waals surface area (Å²) >= 11 is 6.05. The van der Waals surface area contributed by atoms with Gasteiger partial charge < -0.3 is 16.0 Å². The summed E-state index contributed by atoms with van der Waals surface area (Å²) in [5, 5.41) is 7.67. The van der Waals surface area contributed by atoms with Gasteiger partial charge in [0.05, 0.1) is 30.5 Å². The highest BCUT2D eigenvalue weighted by Gasteiger charge is 2.41. The number of amides is 3. The second kappa shape index (κ2) is 8.04. The van der Waals surface area contributed by atoms with E-state index in [1.807, 2.05) is 0 Å². The van der Waals surface area contributed by atoms with E-state index in [1.54, 1.807) is 28.9 Å². The zero-order chi connectivity index (χ0) is 22.3. The van der Waals surface area contributed by atoms with Crippen LogP contribution in [0.1, 0.15) is 28.9 Å². The van der Waals surface area contributed by atoms with Crippen LogP contribution in [0.15, 0.2) is 24.3 Å². The number of hydrogen-bond donors (Lipinski definition) is 2. The number of hydrogen-bond acceptors (Lipinski definition) is 4. The normalized spacial score (nSPS) is 20.7. The van der Waals surface area contributed by atoms with Crippen LogP contribution in [-0.4, -0.2) is 51.7 Å². The van der Waals surface area contributed by atoms with Crippen LogP contribution >= 0.6 is 11.6 Å². The minimum atomic E-state index is -4.68. The zero-order valence-corrected chi connectivity index (χ0v) is 16.9. The summed E-state index contributed by atoms with van der Waals surface area (Å²) in [5.41, 5.74) is 7.33. The highest BCUT2D eigenvalue weighted by Crippen LogP contribution is 2.32. The summed E-state index contributed by atoms with van der Waals surface area (Å²) < 4.78 is 42.3. The summed E-state index contributed by atoms with van der Waals surface area (Å²) in [6, 6.07) is 6.03. The van der Waals surface area contributed by atoms with Crippen molar-refractivity contribution in [2.24, 2.45) is 5.73 Å². The number of rotatable bonds is 4. The van der Waals surface area contributed by atoms with E-state index in [0.717, 1.165) is 0 Å². The lowest BCUT2D eigenvalue weighted by molar-refractivity contribution is -0.351. The van der Waals surface area contributed by atoms with Gasteiger partial charge in [-0.1, -0.05) is 23.7 Å². The van der Waals surface area contributed by atoms with E-state index in [0.29, 0.717) is 35.1 Å². The van der Waals surface area contributed by atoms with E-state index in [2.05, 4.69) is 15.2 Å². The van der Waals surface area contributed by atoms with Gasteiger partial charge in [0, 0.05) is 23.2 Å². The van der Waals surface area contributed by atoms with E-state index < -0.39 is 30.4 Å². The van der Waals surface area contributed by atoms with Gasteiger partial charge in [-0.2, -0.15) is 5.10 Å². The molecule has 0 radical (unpaired) electrons. The molecule has 1 saturated carbocycles. The number of carbonyl (C=O) groups is 2. The smallest absolute Gasteiger partial charge is 0.365 e. The Bertz CT molecular complexity index is 1020. The van der Waals surface area contributed by atoms with E-state index in [1.165, 1.54) is 4.90 Å². The SMILES string of the molecule is NC(=O)c1c(-c2cccc(Cl)c2)nn2c1CN(C(=O)N[C@H]1C[C@H](OC(F)(F)F)C1)CC2. The number of fused-ring (bicyclic) bond motifs is 1. The fourth-order valence-electron chi connectivity index (χ4n) is 3.82.